The summed E-state index contributed by atoms with van der Waals surface area (Å²) >= 11 is 6.44. The minimum Gasteiger partial charge on any atom is -0.495 e. The maximum atomic E-state index is 12.4. The molecule has 8 heteroatoms. The van der Waals surface area contributed by atoms with Gasteiger partial charge in [-0.3, -0.25) is 14.6 Å². The maximum Gasteiger partial charge on any atom is 0.310 e. The number of hydrogen-bond acceptors (Lipinski definition) is 6. The van der Waals surface area contributed by atoms with Crippen LogP contribution in [0.4, 0.5) is 0 Å². The highest BCUT2D eigenvalue weighted by Gasteiger charge is 2.33. The molecular formula is C19H21ClN2O5. The van der Waals surface area contributed by atoms with Crippen LogP contribution in [0.2, 0.25) is 5.02 Å². The smallest absolute Gasteiger partial charge is 0.310 e. The van der Waals surface area contributed by atoms with E-state index in [1.807, 2.05) is 13.0 Å². The second kappa shape index (κ2) is 7.70. The molecule has 0 unspecified atom stereocenters. The number of carbonyl (C=O) groups excluding carboxylic acids is 2. The van der Waals surface area contributed by atoms with E-state index in [0.29, 0.717) is 28.4 Å². The Morgan fingerprint density at radius 2 is 2.07 bits per heavy atom. The summed E-state index contributed by atoms with van der Waals surface area (Å²) in [6, 6.07) is 1.65. The van der Waals surface area contributed by atoms with Crippen LogP contribution in [0, 0.1) is 0 Å². The van der Waals surface area contributed by atoms with Crippen molar-refractivity contribution >= 4 is 34.4 Å². The van der Waals surface area contributed by atoms with Gasteiger partial charge in [0.15, 0.2) is 0 Å². The number of amides is 1. The Bertz CT molecular complexity index is 915. The fourth-order valence-electron chi connectivity index (χ4n) is 3.55. The normalized spacial score (nSPS) is 15.7. The van der Waals surface area contributed by atoms with E-state index in [0.717, 1.165) is 16.5 Å². The van der Waals surface area contributed by atoms with Crippen molar-refractivity contribution in [2.75, 3.05) is 27.9 Å². The molecule has 1 amide bonds. The molecular weight excluding hydrogens is 372 g/mol. The van der Waals surface area contributed by atoms with Crippen LogP contribution in [0.15, 0.2) is 12.3 Å². The molecule has 0 saturated heterocycles. The minimum atomic E-state index is -0.418. The summed E-state index contributed by atoms with van der Waals surface area (Å²) in [6.07, 6.45) is 1.72. The van der Waals surface area contributed by atoms with E-state index in [1.165, 1.54) is 21.3 Å². The molecule has 0 spiro atoms. The fourth-order valence-corrected chi connectivity index (χ4v) is 3.84. The molecule has 1 aliphatic heterocycles. The van der Waals surface area contributed by atoms with Crippen LogP contribution >= 0.6 is 11.6 Å². The highest BCUT2D eigenvalue weighted by molar-refractivity contribution is 6.34. The number of pyridine rings is 1. The zero-order chi connectivity index (χ0) is 19.7. The molecule has 0 N–H and O–H groups in total. The predicted molar refractivity (Wildman–Crippen MR) is 99.9 cm³/mol. The van der Waals surface area contributed by atoms with Gasteiger partial charge in [-0.2, -0.15) is 0 Å². The zero-order valence-electron chi connectivity index (χ0n) is 15.7. The van der Waals surface area contributed by atoms with Crippen LogP contribution < -0.4 is 4.74 Å². The molecule has 1 aliphatic rings. The topological polar surface area (TPSA) is 78.0 Å². The Kier molecular flexibility index (Phi) is 5.53. The molecule has 1 atom stereocenters. The SMILES string of the molecule is COCC(=O)N1Cc2cnc3c(CC(=O)OC)c(Cl)c(OC)cc3c2[C@@H]1C. The second-order valence-electron chi connectivity index (χ2n) is 6.35. The molecule has 1 aromatic carbocycles. The fraction of sp³-hybridized carbons (Fsp3) is 0.421. The van der Waals surface area contributed by atoms with E-state index in [-0.39, 0.29) is 25.0 Å². The number of fused-ring (bicyclic) bond motifs is 3. The first-order chi connectivity index (χ1) is 12.9. The highest BCUT2D eigenvalue weighted by Crippen LogP contribution is 2.42. The van der Waals surface area contributed by atoms with Crippen molar-refractivity contribution in [3.8, 4) is 5.75 Å². The molecule has 2 aromatic rings. The molecule has 3 rings (SSSR count). The quantitative estimate of drug-likeness (QED) is 0.728. The third-order valence-electron chi connectivity index (χ3n) is 4.87. The number of methoxy groups -OCH3 is 3. The first kappa shape index (κ1) is 19.4. The standard InChI is InChI=1S/C19H21ClN2O5/c1-10-17-11(8-22(10)15(23)9-25-2)7-21-19-12(17)5-14(26-3)18(20)13(19)6-16(24)27-4/h5,7,10H,6,8-9H2,1-4H3/t10-/m0/s1. The Balaban J connectivity index is 2.18. The number of benzene rings is 1. The van der Waals surface area contributed by atoms with Crippen molar-refractivity contribution in [2.24, 2.45) is 0 Å². The van der Waals surface area contributed by atoms with Crippen LogP contribution in [-0.4, -0.2) is 49.7 Å². The van der Waals surface area contributed by atoms with Gasteiger partial charge >= 0.3 is 5.97 Å². The average Bonchev–Trinajstić information content (AvgIpc) is 3.00. The summed E-state index contributed by atoms with van der Waals surface area (Å²) in [5.41, 5.74) is 3.09. The highest BCUT2D eigenvalue weighted by atomic mass is 35.5. The van der Waals surface area contributed by atoms with Crippen LogP contribution in [0.1, 0.15) is 29.7 Å². The van der Waals surface area contributed by atoms with Crippen molar-refractivity contribution in [2.45, 2.75) is 25.9 Å². The lowest BCUT2D eigenvalue weighted by atomic mass is 9.97. The van der Waals surface area contributed by atoms with Gasteiger partial charge in [-0.25, -0.2) is 0 Å². The van der Waals surface area contributed by atoms with Gasteiger partial charge in [0, 0.05) is 30.8 Å². The Morgan fingerprint density at radius 1 is 1.33 bits per heavy atom. The first-order valence-corrected chi connectivity index (χ1v) is 8.82. The van der Waals surface area contributed by atoms with Gasteiger partial charge in [-0.1, -0.05) is 11.6 Å². The van der Waals surface area contributed by atoms with E-state index in [4.69, 9.17) is 25.8 Å². The maximum absolute atomic E-state index is 12.4. The molecule has 27 heavy (non-hydrogen) atoms. The van der Waals surface area contributed by atoms with Crippen LogP contribution in [0.5, 0.6) is 5.75 Å². The van der Waals surface area contributed by atoms with E-state index < -0.39 is 5.97 Å². The van der Waals surface area contributed by atoms with Crippen LogP contribution in [0.3, 0.4) is 0 Å². The van der Waals surface area contributed by atoms with E-state index in [1.54, 1.807) is 11.1 Å². The van der Waals surface area contributed by atoms with Gasteiger partial charge in [0.2, 0.25) is 5.91 Å². The lowest BCUT2D eigenvalue weighted by Gasteiger charge is -2.22. The second-order valence-corrected chi connectivity index (χ2v) is 6.73. The van der Waals surface area contributed by atoms with Gasteiger partial charge in [0.1, 0.15) is 12.4 Å². The molecule has 0 aliphatic carbocycles. The zero-order valence-corrected chi connectivity index (χ0v) is 16.4. The number of carbonyl (C=O) groups is 2. The third-order valence-corrected chi connectivity index (χ3v) is 5.28. The third kappa shape index (κ3) is 3.33. The average molecular weight is 393 g/mol. The lowest BCUT2D eigenvalue weighted by Crippen LogP contribution is -2.31. The largest absolute Gasteiger partial charge is 0.495 e. The van der Waals surface area contributed by atoms with Crippen molar-refractivity contribution in [3.63, 3.8) is 0 Å². The van der Waals surface area contributed by atoms with Gasteiger partial charge in [-0.15, -0.1) is 0 Å². The summed E-state index contributed by atoms with van der Waals surface area (Å²) in [5.74, 6) is -0.0594. The number of nitrogens with zero attached hydrogens (tertiary/aromatic N) is 2. The molecule has 0 fully saturated rings. The van der Waals surface area contributed by atoms with Gasteiger partial charge < -0.3 is 19.1 Å². The summed E-state index contributed by atoms with van der Waals surface area (Å²) in [7, 11) is 4.34. The van der Waals surface area contributed by atoms with Crippen molar-refractivity contribution in [1.82, 2.24) is 9.88 Å². The first-order valence-electron chi connectivity index (χ1n) is 8.45. The van der Waals surface area contributed by atoms with Crippen molar-refractivity contribution < 1.29 is 23.8 Å². The Labute approximate surface area is 162 Å². The molecule has 7 nitrogen and oxygen atoms in total. The van der Waals surface area contributed by atoms with E-state index in [9.17, 15) is 9.59 Å². The molecule has 0 saturated carbocycles. The van der Waals surface area contributed by atoms with Gasteiger partial charge in [0.05, 0.1) is 37.2 Å². The molecule has 1 aromatic heterocycles. The molecule has 0 bridgehead atoms. The number of halogens is 1. The van der Waals surface area contributed by atoms with Gasteiger partial charge in [-0.05, 0) is 24.1 Å². The number of aromatic nitrogens is 1. The summed E-state index contributed by atoms with van der Waals surface area (Å²) in [4.78, 5) is 30.5. The van der Waals surface area contributed by atoms with Crippen molar-refractivity contribution in [1.29, 1.82) is 0 Å². The van der Waals surface area contributed by atoms with Gasteiger partial charge in [0.25, 0.3) is 0 Å². The number of esters is 1. The van der Waals surface area contributed by atoms with E-state index >= 15 is 0 Å². The molecule has 0 radical (unpaired) electrons. The van der Waals surface area contributed by atoms with Crippen LogP contribution in [0.25, 0.3) is 10.9 Å². The van der Waals surface area contributed by atoms with Crippen LogP contribution in [-0.2, 0) is 32.0 Å². The molecule has 144 valence electrons. The number of rotatable bonds is 5. The summed E-state index contributed by atoms with van der Waals surface area (Å²) in [5, 5.41) is 1.15. The molecule has 2 heterocycles. The number of ether oxygens (including phenoxy) is 3. The summed E-state index contributed by atoms with van der Waals surface area (Å²) in [6.45, 7) is 2.44. The lowest BCUT2D eigenvalue weighted by molar-refractivity contribution is -0.140. The Hall–Kier alpha value is -2.38. The monoisotopic (exact) mass is 392 g/mol. The summed E-state index contributed by atoms with van der Waals surface area (Å²) < 4.78 is 15.2. The number of hydrogen-bond donors (Lipinski definition) is 0. The predicted octanol–water partition coefficient (Wildman–Crippen LogP) is 2.66. The van der Waals surface area contributed by atoms with E-state index in [2.05, 4.69) is 4.98 Å². The Morgan fingerprint density at radius 3 is 2.70 bits per heavy atom. The van der Waals surface area contributed by atoms with Crippen molar-refractivity contribution in [3.05, 3.63) is 34.0 Å². The minimum absolute atomic E-state index is 0.0183.